The predicted molar refractivity (Wildman–Crippen MR) is 126 cm³/mol. The zero-order valence-electron chi connectivity index (χ0n) is 18.5. The summed E-state index contributed by atoms with van der Waals surface area (Å²) < 4.78 is 0. The summed E-state index contributed by atoms with van der Waals surface area (Å²) in [7, 11) is 0. The maximum atomic E-state index is 12.8. The number of nitrogens with one attached hydrogen (secondary N) is 2. The highest BCUT2D eigenvalue weighted by Gasteiger charge is 2.16. The Morgan fingerprint density at radius 2 is 1.55 bits per heavy atom. The molecule has 0 bridgehead atoms. The number of carbonyl (C=O) groups excluding carboxylic acids is 2. The molecule has 1 amide bonds. The maximum absolute atomic E-state index is 12.8. The number of carbonyl (C=O) groups is 4. The summed E-state index contributed by atoms with van der Waals surface area (Å²) in [5.74, 6) is -4.02. The van der Waals surface area contributed by atoms with E-state index in [9.17, 15) is 9.59 Å². The van der Waals surface area contributed by atoms with Crippen molar-refractivity contribution < 1.29 is 29.4 Å². The third-order valence-corrected chi connectivity index (χ3v) is 4.74. The number of aliphatic carboxylic acids is 2. The Morgan fingerprint density at radius 1 is 0.939 bits per heavy atom. The topological polar surface area (TPSA) is 136 Å². The second-order valence-electron chi connectivity index (χ2n) is 6.75. The van der Waals surface area contributed by atoms with E-state index in [-0.39, 0.29) is 18.2 Å². The van der Waals surface area contributed by atoms with Crippen LogP contribution in [0.5, 0.6) is 0 Å². The van der Waals surface area contributed by atoms with Crippen molar-refractivity contribution in [2.24, 2.45) is 0 Å². The minimum absolute atomic E-state index is 0.178. The molecule has 0 saturated carbocycles. The zero-order chi connectivity index (χ0) is 24.8. The minimum atomic E-state index is -1.82. The first-order chi connectivity index (χ1) is 15.7. The summed E-state index contributed by atoms with van der Waals surface area (Å²) in [5, 5.41) is 21.2. The number of amides is 1. The number of ketones is 1. The predicted octanol–water partition coefficient (Wildman–Crippen LogP) is 2.60. The second kappa shape index (κ2) is 14.7. The molecule has 0 fully saturated rings. The normalized spacial score (nSPS) is 10.2. The lowest BCUT2D eigenvalue weighted by Crippen LogP contribution is -2.35. The highest BCUT2D eigenvalue weighted by Crippen LogP contribution is 2.23. The molecule has 0 heterocycles. The molecule has 0 spiro atoms. The molecule has 2 aromatic carbocycles. The zero-order valence-corrected chi connectivity index (χ0v) is 19.3. The summed E-state index contributed by atoms with van der Waals surface area (Å²) in [5.41, 5.74) is 1.39. The summed E-state index contributed by atoms with van der Waals surface area (Å²) in [6, 6.07) is 13.8. The Bertz CT molecular complexity index is 936. The van der Waals surface area contributed by atoms with Gasteiger partial charge in [0, 0.05) is 29.2 Å². The molecule has 9 nitrogen and oxygen atoms in total. The van der Waals surface area contributed by atoms with E-state index in [2.05, 4.69) is 29.4 Å². The van der Waals surface area contributed by atoms with Crippen LogP contribution in [-0.2, 0) is 14.4 Å². The van der Waals surface area contributed by atoms with Crippen LogP contribution in [0.25, 0.3) is 0 Å². The maximum Gasteiger partial charge on any atom is 0.414 e. The number of halogens is 1. The van der Waals surface area contributed by atoms with Crippen LogP contribution in [-0.4, -0.2) is 71.5 Å². The van der Waals surface area contributed by atoms with Gasteiger partial charge in [-0.15, -0.1) is 0 Å². The lowest BCUT2D eigenvalue weighted by atomic mass is 10.0. The molecular weight excluding hydrogens is 450 g/mol. The lowest BCUT2D eigenvalue weighted by Gasteiger charge is -2.18. The number of likely N-dealkylation sites (N-methyl/N-ethyl adjacent to an activating group) is 1. The third-order valence-electron chi connectivity index (χ3n) is 4.50. The van der Waals surface area contributed by atoms with E-state index in [1.165, 1.54) is 0 Å². The first-order valence-electron chi connectivity index (χ1n) is 10.3. The van der Waals surface area contributed by atoms with Gasteiger partial charge in [-0.25, -0.2) is 9.59 Å². The third kappa shape index (κ3) is 10.3. The van der Waals surface area contributed by atoms with Crippen molar-refractivity contribution in [1.82, 2.24) is 10.2 Å². The number of hydrogen-bond donors (Lipinski definition) is 4. The molecule has 2 aromatic rings. The van der Waals surface area contributed by atoms with Crippen LogP contribution >= 0.6 is 11.6 Å². The van der Waals surface area contributed by atoms with E-state index >= 15 is 0 Å². The molecule has 0 aliphatic rings. The van der Waals surface area contributed by atoms with Crippen molar-refractivity contribution in [3.8, 4) is 0 Å². The van der Waals surface area contributed by atoms with Gasteiger partial charge < -0.3 is 25.7 Å². The van der Waals surface area contributed by atoms with E-state index in [4.69, 9.17) is 31.4 Å². The van der Waals surface area contributed by atoms with Gasteiger partial charge in [0.05, 0.1) is 12.2 Å². The molecule has 0 saturated heterocycles. The molecule has 0 atom stereocenters. The van der Waals surface area contributed by atoms with Crippen LogP contribution in [0.2, 0.25) is 5.02 Å². The summed E-state index contributed by atoms with van der Waals surface area (Å²) in [4.78, 5) is 45.5. The van der Waals surface area contributed by atoms with Gasteiger partial charge in [-0.05, 0) is 31.3 Å². The Morgan fingerprint density at radius 3 is 2.09 bits per heavy atom. The quantitative estimate of drug-likeness (QED) is 0.233. The van der Waals surface area contributed by atoms with Crippen molar-refractivity contribution in [2.45, 2.75) is 13.8 Å². The van der Waals surface area contributed by atoms with E-state index in [1.54, 1.807) is 42.5 Å². The number of carboxylic acid groups (broad SMARTS) is 2. The number of anilines is 1. The molecule has 33 heavy (non-hydrogen) atoms. The van der Waals surface area contributed by atoms with Crippen LogP contribution in [0, 0.1) is 0 Å². The fraction of sp³-hybridized carbons (Fsp3) is 0.304. The standard InChI is InChI=1S/C21H26ClN3O2.C2H2O4/c1-3-25(4-2)13-12-23-15-20(26)24-19-11-10-17(22)14-18(19)21(27)16-8-6-5-7-9-16;3-1(4)2(5)6/h5-11,14,23H,3-4,12-13,15H2,1-2H3,(H,24,26);(H,3,4)(H,5,6). The van der Waals surface area contributed by atoms with Gasteiger partial charge in [-0.3, -0.25) is 9.59 Å². The Labute approximate surface area is 197 Å². The van der Waals surface area contributed by atoms with Crippen LogP contribution in [0.4, 0.5) is 5.69 Å². The molecule has 2 rings (SSSR count). The highest BCUT2D eigenvalue weighted by atomic mass is 35.5. The fourth-order valence-electron chi connectivity index (χ4n) is 2.73. The van der Waals surface area contributed by atoms with Crippen LogP contribution in [0.1, 0.15) is 29.8 Å². The monoisotopic (exact) mass is 477 g/mol. The first kappa shape index (κ1) is 27.8. The van der Waals surface area contributed by atoms with E-state index in [0.29, 0.717) is 21.8 Å². The average Bonchev–Trinajstić information content (AvgIpc) is 2.80. The SMILES string of the molecule is CCN(CC)CCNCC(=O)Nc1ccc(Cl)cc1C(=O)c1ccccc1.O=C(O)C(=O)O. The van der Waals surface area contributed by atoms with Crippen LogP contribution in [0.3, 0.4) is 0 Å². The number of benzene rings is 2. The van der Waals surface area contributed by atoms with E-state index in [1.807, 2.05) is 6.07 Å². The highest BCUT2D eigenvalue weighted by molar-refractivity contribution is 6.31. The van der Waals surface area contributed by atoms with Crippen molar-refractivity contribution in [1.29, 1.82) is 0 Å². The number of nitrogens with zero attached hydrogens (tertiary/aromatic N) is 1. The second-order valence-corrected chi connectivity index (χ2v) is 7.18. The van der Waals surface area contributed by atoms with Gasteiger partial charge in [-0.2, -0.15) is 0 Å². The van der Waals surface area contributed by atoms with Gasteiger partial charge in [-0.1, -0.05) is 55.8 Å². The van der Waals surface area contributed by atoms with Crippen molar-refractivity contribution >= 4 is 40.9 Å². The molecule has 0 unspecified atom stereocenters. The smallest absolute Gasteiger partial charge is 0.414 e. The number of carboxylic acids is 2. The van der Waals surface area contributed by atoms with Crippen molar-refractivity contribution in [3.05, 3.63) is 64.7 Å². The van der Waals surface area contributed by atoms with E-state index < -0.39 is 11.9 Å². The average molecular weight is 478 g/mol. The molecule has 0 aliphatic heterocycles. The van der Waals surface area contributed by atoms with Crippen LogP contribution < -0.4 is 10.6 Å². The summed E-state index contributed by atoms with van der Waals surface area (Å²) >= 11 is 6.06. The molecule has 4 N–H and O–H groups in total. The molecular formula is C23H28ClN3O6. The molecule has 10 heteroatoms. The molecule has 0 radical (unpaired) electrons. The Hall–Kier alpha value is -3.27. The van der Waals surface area contributed by atoms with Gasteiger partial charge in [0.15, 0.2) is 5.78 Å². The number of hydrogen-bond acceptors (Lipinski definition) is 6. The van der Waals surface area contributed by atoms with Gasteiger partial charge in [0.25, 0.3) is 0 Å². The van der Waals surface area contributed by atoms with Gasteiger partial charge in [0.2, 0.25) is 5.91 Å². The Kier molecular flexibility index (Phi) is 12.4. The lowest BCUT2D eigenvalue weighted by molar-refractivity contribution is -0.159. The summed E-state index contributed by atoms with van der Waals surface area (Å²) in [6.45, 7) is 8.00. The number of rotatable bonds is 10. The fourth-order valence-corrected chi connectivity index (χ4v) is 2.90. The largest absolute Gasteiger partial charge is 0.473 e. The molecule has 0 aliphatic carbocycles. The van der Waals surface area contributed by atoms with Crippen molar-refractivity contribution in [3.63, 3.8) is 0 Å². The summed E-state index contributed by atoms with van der Waals surface area (Å²) in [6.07, 6.45) is 0. The van der Waals surface area contributed by atoms with Gasteiger partial charge in [0.1, 0.15) is 0 Å². The molecule has 0 aromatic heterocycles. The molecule has 178 valence electrons. The minimum Gasteiger partial charge on any atom is -0.473 e. The Balaban J connectivity index is 0.000000801. The van der Waals surface area contributed by atoms with Crippen LogP contribution in [0.15, 0.2) is 48.5 Å². The van der Waals surface area contributed by atoms with Gasteiger partial charge >= 0.3 is 11.9 Å². The van der Waals surface area contributed by atoms with Crippen molar-refractivity contribution in [2.75, 3.05) is 38.0 Å². The first-order valence-corrected chi connectivity index (χ1v) is 10.7. The van der Waals surface area contributed by atoms with E-state index in [0.717, 1.165) is 26.2 Å².